The first-order chi connectivity index (χ1) is 5.83. The maximum Gasteiger partial charge on any atom is 0.279 e. The number of nitrogens with zero attached hydrogens (tertiary/aromatic N) is 1. The predicted molar refractivity (Wildman–Crippen MR) is 37.7 cm³/mol. The van der Waals surface area contributed by atoms with E-state index in [1.54, 1.807) is 5.48 Å². The second kappa shape index (κ2) is 2.60. The van der Waals surface area contributed by atoms with Gasteiger partial charge in [-0.15, -0.1) is 0 Å². The van der Waals surface area contributed by atoms with Crippen LogP contribution in [0.2, 0.25) is 0 Å². The van der Waals surface area contributed by atoms with E-state index in [-0.39, 0.29) is 0 Å². The Morgan fingerprint density at radius 2 is 2.50 bits per heavy atom. The van der Waals surface area contributed by atoms with Gasteiger partial charge in [0.15, 0.2) is 5.76 Å². The molecule has 1 aliphatic rings. The van der Waals surface area contributed by atoms with E-state index < -0.39 is 5.91 Å². The molecule has 0 radical (unpaired) electrons. The lowest BCUT2D eigenvalue weighted by molar-refractivity contribution is 0.0704. The molecule has 1 aromatic heterocycles. The quantitative estimate of drug-likeness (QED) is 0.502. The van der Waals surface area contributed by atoms with Crippen LogP contribution < -0.4 is 5.48 Å². The SMILES string of the molecule is O=C(NO)c1cnoc1C1CC1. The van der Waals surface area contributed by atoms with Gasteiger partial charge in [0.1, 0.15) is 5.56 Å². The Bertz CT molecular complexity index is 303. The molecule has 5 nitrogen and oxygen atoms in total. The molecule has 64 valence electrons. The van der Waals surface area contributed by atoms with E-state index in [2.05, 4.69) is 5.16 Å². The number of aromatic nitrogens is 1. The number of hydrogen-bond donors (Lipinski definition) is 2. The van der Waals surface area contributed by atoms with E-state index in [1.807, 2.05) is 0 Å². The van der Waals surface area contributed by atoms with Crippen molar-refractivity contribution < 1.29 is 14.5 Å². The lowest BCUT2D eigenvalue weighted by atomic mass is 10.2. The predicted octanol–water partition coefficient (Wildman–Crippen LogP) is 0.671. The molecular weight excluding hydrogens is 160 g/mol. The third-order valence-corrected chi connectivity index (χ3v) is 1.89. The third-order valence-electron chi connectivity index (χ3n) is 1.89. The Kier molecular flexibility index (Phi) is 1.58. The second-order valence-corrected chi connectivity index (χ2v) is 2.82. The minimum Gasteiger partial charge on any atom is -0.360 e. The Balaban J connectivity index is 2.29. The van der Waals surface area contributed by atoms with Crippen molar-refractivity contribution >= 4 is 5.91 Å². The molecule has 0 saturated heterocycles. The van der Waals surface area contributed by atoms with Crippen LogP contribution in [0.4, 0.5) is 0 Å². The van der Waals surface area contributed by atoms with E-state index >= 15 is 0 Å². The molecule has 1 amide bonds. The van der Waals surface area contributed by atoms with Gasteiger partial charge in [0, 0.05) is 5.92 Å². The number of carbonyl (C=O) groups is 1. The van der Waals surface area contributed by atoms with Crippen LogP contribution in [0.5, 0.6) is 0 Å². The second-order valence-electron chi connectivity index (χ2n) is 2.82. The normalized spacial score (nSPS) is 16.1. The molecule has 1 saturated carbocycles. The summed E-state index contributed by atoms with van der Waals surface area (Å²) in [5, 5.41) is 11.9. The molecule has 2 N–H and O–H groups in total. The topological polar surface area (TPSA) is 75.4 Å². The van der Waals surface area contributed by atoms with Gasteiger partial charge in [-0.2, -0.15) is 0 Å². The maximum absolute atomic E-state index is 11.0. The summed E-state index contributed by atoms with van der Waals surface area (Å²) in [7, 11) is 0. The highest BCUT2D eigenvalue weighted by Crippen LogP contribution is 2.41. The fourth-order valence-corrected chi connectivity index (χ4v) is 1.12. The van der Waals surface area contributed by atoms with E-state index in [0.29, 0.717) is 17.2 Å². The Hall–Kier alpha value is -1.36. The maximum atomic E-state index is 11.0. The van der Waals surface area contributed by atoms with Crippen molar-refractivity contribution in [2.45, 2.75) is 18.8 Å². The zero-order chi connectivity index (χ0) is 8.55. The van der Waals surface area contributed by atoms with Crippen molar-refractivity contribution in [1.29, 1.82) is 0 Å². The highest BCUT2D eigenvalue weighted by atomic mass is 16.5. The molecule has 12 heavy (non-hydrogen) atoms. The first-order valence-electron chi connectivity index (χ1n) is 3.72. The van der Waals surface area contributed by atoms with Crippen molar-refractivity contribution in [3.8, 4) is 0 Å². The fraction of sp³-hybridized carbons (Fsp3) is 0.429. The molecule has 0 atom stereocenters. The van der Waals surface area contributed by atoms with Crippen LogP contribution in [0.25, 0.3) is 0 Å². The number of amides is 1. The number of nitrogens with one attached hydrogen (secondary N) is 1. The van der Waals surface area contributed by atoms with E-state index in [4.69, 9.17) is 9.73 Å². The van der Waals surface area contributed by atoms with Crippen LogP contribution in [-0.4, -0.2) is 16.3 Å². The van der Waals surface area contributed by atoms with Gasteiger partial charge in [-0.1, -0.05) is 5.16 Å². The van der Waals surface area contributed by atoms with Gasteiger partial charge in [-0.05, 0) is 12.8 Å². The highest BCUT2D eigenvalue weighted by Gasteiger charge is 2.32. The first-order valence-corrected chi connectivity index (χ1v) is 3.72. The van der Waals surface area contributed by atoms with E-state index in [1.165, 1.54) is 6.20 Å². The van der Waals surface area contributed by atoms with Crippen LogP contribution in [0.15, 0.2) is 10.7 Å². The molecule has 1 fully saturated rings. The number of carbonyl (C=O) groups excluding carboxylic acids is 1. The number of hydroxylamine groups is 1. The summed E-state index contributed by atoms with van der Waals surface area (Å²) in [6.45, 7) is 0. The van der Waals surface area contributed by atoms with Gasteiger partial charge >= 0.3 is 0 Å². The summed E-state index contributed by atoms with van der Waals surface area (Å²) in [4.78, 5) is 11.0. The van der Waals surface area contributed by atoms with Crippen LogP contribution in [-0.2, 0) is 0 Å². The molecule has 1 aliphatic carbocycles. The van der Waals surface area contributed by atoms with Gasteiger partial charge in [-0.25, -0.2) is 5.48 Å². The van der Waals surface area contributed by atoms with Gasteiger partial charge in [0.2, 0.25) is 0 Å². The van der Waals surface area contributed by atoms with Gasteiger partial charge in [0.05, 0.1) is 6.20 Å². The Morgan fingerprint density at radius 3 is 3.08 bits per heavy atom. The van der Waals surface area contributed by atoms with Crippen molar-refractivity contribution in [3.63, 3.8) is 0 Å². The monoisotopic (exact) mass is 168 g/mol. The number of rotatable bonds is 2. The molecule has 5 heteroatoms. The van der Waals surface area contributed by atoms with Crippen molar-refractivity contribution in [3.05, 3.63) is 17.5 Å². The molecule has 0 aromatic carbocycles. The van der Waals surface area contributed by atoms with E-state index in [0.717, 1.165) is 12.8 Å². The van der Waals surface area contributed by atoms with Gasteiger partial charge < -0.3 is 4.52 Å². The zero-order valence-electron chi connectivity index (χ0n) is 6.28. The molecule has 1 heterocycles. The van der Waals surface area contributed by atoms with Gasteiger partial charge in [-0.3, -0.25) is 10.0 Å². The molecule has 0 unspecified atom stereocenters. The summed E-state index contributed by atoms with van der Waals surface area (Å²) in [5.41, 5.74) is 1.88. The summed E-state index contributed by atoms with van der Waals surface area (Å²) in [6.07, 6.45) is 3.38. The Morgan fingerprint density at radius 1 is 1.75 bits per heavy atom. The minimum absolute atomic E-state index is 0.319. The lowest BCUT2D eigenvalue weighted by Gasteiger charge is -1.94. The summed E-state index contributed by atoms with van der Waals surface area (Å²) < 4.78 is 4.89. The molecule has 0 aliphatic heterocycles. The minimum atomic E-state index is -0.557. The Labute approximate surface area is 68.3 Å². The van der Waals surface area contributed by atoms with E-state index in [9.17, 15) is 4.79 Å². The smallest absolute Gasteiger partial charge is 0.279 e. The van der Waals surface area contributed by atoms with Crippen molar-refractivity contribution in [1.82, 2.24) is 10.6 Å². The van der Waals surface area contributed by atoms with Crippen LogP contribution in [0.3, 0.4) is 0 Å². The van der Waals surface area contributed by atoms with Crippen LogP contribution in [0, 0.1) is 0 Å². The summed E-state index contributed by atoms with van der Waals surface area (Å²) in [6, 6.07) is 0. The van der Waals surface area contributed by atoms with Crippen molar-refractivity contribution in [2.75, 3.05) is 0 Å². The molecular formula is C7H8N2O3. The van der Waals surface area contributed by atoms with Crippen LogP contribution in [0.1, 0.15) is 34.9 Å². The standard InChI is InChI=1S/C7H8N2O3/c10-7(9-11)5-3-8-12-6(5)4-1-2-4/h3-4,11H,1-2H2,(H,9,10). The molecule has 1 aromatic rings. The average Bonchev–Trinajstić information content (AvgIpc) is 2.83. The van der Waals surface area contributed by atoms with Crippen LogP contribution >= 0.6 is 0 Å². The first kappa shape index (κ1) is 7.30. The zero-order valence-corrected chi connectivity index (χ0v) is 6.28. The molecule has 0 bridgehead atoms. The molecule has 0 spiro atoms. The molecule has 2 rings (SSSR count). The lowest BCUT2D eigenvalue weighted by Crippen LogP contribution is -2.19. The largest absolute Gasteiger partial charge is 0.360 e. The summed E-state index contributed by atoms with van der Waals surface area (Å²) >= 11 is 0. The fourth-order valence-electron chi connectivity index (χ4n) is 1.12. The average molecular weight is 168 g/mol. The highest BCUT2D eigenvalue weighted by molar-refractivity contribution is 5.94. The van der Waals surface area contributed by atoms with Gasteiger partial charge in [0.25, 0.3) is 5.91 Å². The third kappa shape index (κ3) is 1.08. The van der Waals surface area contributed by atoms with Crippen molar-refractivity contribution in [2.24, 2.45) is 0 Å². The number of hydrogen-bond acceptors (Lipinski definition) is 4. The summed E-state index contributed by atoms with van der Waals surface area (Å²) in [5.74, 6) is 0.347.